The van der Waals surface area contributed by atoms with Gasteiger partial charge in [0.2, 0.25) is 17.4 Å². The summed E-state index contributed by atoms with van der Waals surface area (Å²) in [5.74, 6) is -0.581. The lowest BCUT2D eigenvalue weighted by Crippen LogP contribution is -2.38. The Labute approximate surface area is 244 Å². The number of hydrogen-bond acceptors (Lipinski definition) is 5. The average Bonchev–Trinajstić information content (AvgIpc) is 3.31. The third-order valence-corrected chi connectivity index (χ3v) is 8.22. The minimum absolute atomic E-state index is 0.0128. The third-order valence-electron chi connectivity index (χ3n) is 7.93. The van der Waals surface area contributed by atoms with Gasteiger partial charge in [-0.2, -0.15) is 4.99 Å². The van der Waals surface area contributed by atoms with Gasteiger partial charge in [0.1, 0.15) is 12.4 Å². The van der Waals surface area contributed by atoms with Crippen molar-refractivity contribution >= 4 is 34.4 Å². The molecule has 0 atom stereocenters. The van der Waals surface area contributed by atoms with Crippen LogP contribution in [0.1, 0.15) is 75.2 Å². The summed E-state index contributed by atoms with van der Waals surface area (Å²) in [4.78, 5) is 40.3. The van der Waals surface area contributed by atoms with E-state index in [0.29, 0.717) is 18.1 Å². The number of piperidine rings is 1. The van der Waals surface area contributed by atoms with E-state index in [4.69, 9.17) is 16.3 Å². The van der Waals surface area contributed by atoms with Gasteiger partial charge in [0.15, 0.2) is 0 Å². The highest BCUT2D eigenvalue weighted by atomic mass is 35.5. The van der Waals surface area contributed by atoms with Crippen molar-refractivity contribution in [1.82, 2.24) is 24.8 Å². The number of fused-ring (bicyclic) bond motifs is 1. The van der Waals surface area contributed by atoms with Gasteiger partial charge in [0, 0.05) is 36.2 Å². The first kappa shape index (κ1) is 29.3. The maximum Gasteiger partial charge on any atom is 0.280 e. The minimum Gasteiger partial charge on any atom is -0.476 e. The molecule has 2 N–H and O–H groups in total. The smallest absolute Gasteiger partial charge is 0.280 e. The van der Waals surface area contributed by atoms with Gasteiger partial charge in [-0.05, 0) is 83.7 Å². The number of amides is 2. The second kappa shape index (κ2) is 13.2. The molecular weight excluding hydrogens is 547 g/mol. The maximum atomic E-state index is 13.7. The van der Waals surface area contributed by atoms with Gasteiger partial charge in [-0.15, -0.1) is 0 Å². The number of halogens is 2. The second-order valence-corrected chi connectivity index (χ2v) is 11.7. The maximum absolute atomic E-state index is 13.7. The van der Waals surface area contributed by atoms with E-state index in [-0.39, 0.29) is 34.5 Å². The largest absolute Gasteiger partial charge is 0.476 e. The molecule has 1 aliphatic heterocycles. The molecule has 9 nitrogen and oxygen atoms in total. The van der Waals surface area contributed by atoms with Gasteiger partial charge < -0.3 is 19.6 Å². The number of carbonyl (C=O) groups excluding carboxylic acids is 2. The molecule has 5 rings (SSSR count). The minimum atomic E-state index is -0.596. The van der Waals surface area contributed by atoms with Crippen molar-refractivity contribution in [3.8, 4) is 5.88 Å². The molecule has 11 heteroatoms. The molecule has 2 aliphatic rings. The molecule has 41 heavy (non-hydrogen) atoms. The van der Waals surface area contributed by atoms with Crippen LogP contribution in [0.15, 0.2) is 35.5 Å². The van der Waals surface area contributed by atoms with Crippen LogP contribution in [0.4, 0.5) is 4.39 Å². The highest BCUT2D eigenvalue weighted by molar-refractivity contribution is 6.31. The zero-order valence-corrected chi connectivity index (χ0v) is 24.4. The molecular formula is C30H38ClFN6O3. The predicted molar refractivity (Wildman–Crippen MR) is 155 cm³/mol. The molecule has 0 radical (unpaired) electrons. The fourth-order valence-corrected chi connectivity index (χ4v) is 5.98. The van der Waals surface area contributed by atoms with Crippen LogP contribution < -0.4 is 15.7 Å². The number of carbonyl (C=O) groups is 2. The summed E-state index contributed by atoms with van der Waals surface area (Å²) in [6.45, 7) is 7.52. The van der Waals surface area contributed by atoms with E-state index in [1.807, 2.05) is 24.5 Å². The Morgan fingerprint density at radius 1 is 1.17 bits per heavy atom. The first-order chi connectivity index (χ1) is 19.8. The Morgan fingerprint density at radius 2 is 1.93 bits per heavy atom. The van der Waals surface area contributed by atoms with E-state index in [1.165, 1.54) is 31.4 Å². The number of hydrogen-bond donors (Lipinski definition) is 2. The molecule has 1 aliphatic carbocycles. The molecule has 2 fully saturated rings. The van der Waals surface area contributed by atoms with Gasteiger partial charge in [-0.1, -0.05) is 18.0 Å². The van der Waals surface area contributed by atoms with Crippen LogP contribution in [-0.2, 0) is 4.79 Å². The summed E-state index contributed by atoms with van der Waals surface area (Å²) < 4.78 is 21.8. The van der Waals surface area contributed by atoms with Crippen molar-refractivity contribution in [3.05, 3.63) is 52.5 Å². The summed E-state index contributed by atoms with van der Waals surface area (Å²) >= 11 is 5.92. The SMILES string of the molecule is CC(C)NC(=O)C1CCC(n2/c(=N/C(=O)c3ccc(F)c(Cl)c3)[nH]c3cnc(OCCN4CCCCC4)cc32)CC1. The quantitative estimate of drug-likeness (QED) is 0.387. The molecule has 1 saturated heterocycles. The lowest BCUT2D eigenvalue weighted by atomic mass is 9.85. The number of likely N-dealkylation sites (tertiary alicyclic amines) is 1. The zero-order chi connectivity index (χ0) is 28.9. The number of imidazole rings is 1. The third kappa shape index (κ3) is 7.16. The van der Waals surface area contributed by atoms with Crippen molar-refractivity contribution in [1.29, 1.82) is 0 Å². The van der Waals surface area contributed by atoms with Gasteiger partial charge >= 0.3 is 0 Å². The lowest BCUT2D eigenvalue weighted by molar-refractivity contribution is -0.126. The van der Waals surface area contributed by atoms with Gasteiger partial charge in [0.25, 0.3) is 5.91 Å². The van der Waals surface area contributed by atoms with Crippen molar-refractivity contribution in [2.24, 2.45) is 10.9 Å². The highest BCUT2D eigenvalue weighted by Gasteiger charge is 2.29. The van der Waals surface area contributed by atoms with Crippen molar-refractivity contribution in [3.63, 3.8) is 0 Å². The van der Waals surface area contributed by atoms with E-state index in [2.05, 4.69) is 25.2 Å². The average molecular weight is 585 g/mol. The van der Waals surface area contributed by atoms with Crippen molar-refractivity contribution in [2.75, 3.05) is 26.2 Å². The topological polar surface area (TPSA) is 105 Å². The molecule has 3 aromatic rings. The summed E-state index contributed by atoms with van der Waals surface area (Å²) in [5.41, 5.74) is 2.10. The Balaban J connectivity index is 1.43. The molecule has 0 spiro atoms. The summed E-state index contributed by atoms with van der Waals surface area (Å²) in [6, 6.07) is 5.81. The number of nitrogens with one attached hydrogen (secondary N) is 2. The van der Waals surface area contributed by atoms with Crippen LogP contribution in [0.5, 0.6) is 5.88 Å². The van der Waals surface area contributed by atoms with Gasteiger partial charge in [0.05, 0.1) is 22.3 Å². The van der Waals surface area contributed by atoms with E-state index in [0.717, 1.165) is 62.4 Å². The molecule has 2 amide bonds. The first-order valence-electron chi connectivity index (χ1n) is 14.6. The Morgan fingerprint density at radius 3 is 2.63 bits per heavy atom. The zero-order valence-electron chi connectivity index (χ0n) is 23.7. The fraction of sp³-hybridized carbons (Fsp3) is 0.533. The van der Waals surface area contributed by atoms with Crippen LogP contribution in [0, 0.1) is 11.7 Å². The van der Waals surface area contributed by atoms with Gasteiger partial charge in [-0.3, -0.25) is 14.5 Å². The number of benzene rings is 1. The summed E-state index contributed by atoms with van der Waals surface area (Å²) in [6.07, 6.45) is 8.40. The van der Waals surface area contributed by atoms with Crippen LogP contribution in [0.25, 0.3) is 11.0 Å². The van der Waals surface area contributed by atoms with Crippen molar-refractivity contribution in [2.45, 2.75) is 70.9 Å². The molecule has 0 unspecified atom stereocenters. The van der Waals surface area contributed by atoms with Crippen LogP contribution in [0.3, 0.4) is 0 Å². The monoisotopic (exact) mass is 584 g/mol. The Hall–Kier alpha value is -3.24. The molecule has 3 heterocycles. The highest BCUT2D eigenvalue weighted by Crippen LogP contribution is 2.34. The number of H-pyrrole nitrogens is 1. The van der Waals surface area contributed by atoms with Crippen molar-refractivity contribution < 1.29 is 18.7 Å². The molecule has 220 valence electrons. The normalized spacial score (nSPS) is 20.5. The number of rotatable bonds is 8. The number of aromatic nitrogens is 3. The first-order valence-corrected chi connectivity index (χ1v) is 15.0. The molecule has 2 aromatic heterocycles. The lowest BCUT2D eigenvalue weighted by Gasteiger charge is -2.29. The molecule has 1 aromatic carbocycles. The standard InChI is InChI=1S/C30H38ClFN6O3/c1-19(2)34-28(39)20-6-9-22(10-7-20)38-26-17-27(41-15-14-37-12-4-3-5-13-37)33-18-25(26)35-30(38)36-29(40)21-8-11-24(32)23(31)16-21/h8,11,16-20,22H,3-7,9-10,12-15H2,1-2H3,(H,34,39)(H,35,36,40). The van der Waals surface area contributed by atoms with Crippen LogP contribution >= 0.6 is 11.6 Å². The summed E-state index contributed by atoms with van der Waals surface area (Å²) in [7, 11) is 0. The number of ether oxygens (including phenoxy) is 1. The van der Waals surface area contributed by atoms with Crippen LogP contribution in [0.2, 0.25) is 5.02 Å². The van der Waals surface area contributed by atoms with Crippen LogP contribution in [-0.4, -0.2) is 63.5 Å². The predicted octanol–water partition coefficient (Wildman–Crippen LogP) is 5.02. The molecule has 1 saturated carbocycles. The number of pyridine rings is 1. The van der Waals surface area contributed by atoms with Gasteiger partial charge in [-0.25, -0.2) is 9.37 Å². The fourth-order valence-electron chi connectivity index (χ4n) is 5.80. The number of nitrogens with zero attached hydrogens (tertiary/aromatic N) is 4. The van der Waals surface area contributed by atoms with E-state index < -0.39 is 11.7 Å². The summed E-state index contributed by atoms with van der Waals surface area (Å²) in [5, 5.41) is 2.89. The van der Waals surface area contributed by atoms with E-state index >= 15 is 0 Å². The number of aromatic amines is 1. The van der Waals surface area contributed by atoms with E-state index in [1.54, 1.807) is 6.20 Å². The Bertz CT molecular complexity index is 1450. The molecule has 0 bridgehead atoms. The Kier molecular flexibility index (Phi) is 9.39. The van der Waals surface area contributed by atoms with E-state index in [9.17, 15) is 14.0 Å². The second-order valence-electron chi connectivity index (χ2n) is 11.3.